The second-order valence-corrected chi connectivity index (χ2v) is 6.05. The van der Waals surface area contributed by atoms with Crippen LogP contribution in [0.2, 0.25) is 0 Å². The summed E-state index contributed by atoms with van der Waals surface area (Å²) >= 11 is 5.06. The number of aromatic nitrogens is 1. The highest BCUT2D eigenvalue weighted by Crippen LogP contribution is 2.28. The van der Waals surface area contributed by atoms with E-state index in [-0.39, 0.29) is 0 Å². The van der Waals surface area contributed by atoms with Crippen LogP contribution < -0.4 is 5.73 Å². The van der Waals surface area contributed by atoms with E-state index in [4.69, 9.17) is 5.73 Å². The van der Waals surface area contributed by atoms with E-state index in [1.54, 1.807) is 11.8 Å². The number of hydrogen-bond donors (Lipinski definition) is 1. The summed E-state index contributed by atoms with van der Waals surface area (Å²) in [6, 6.07) is 10.5. The number of hydrogen-bond acceptors (Lipinski definition) is 3. The summed E-state index contributed by atoms with van der Waals surface area (Å²) in [6.07, 6.45) is 2.76. The van der Waals surface area contributed by atoms with Crippen LogP contribution in [0.25, 0.3) is 0 Å². The third kappa shape index (κ3) is 3.57. The molecule has 0 spiro atoms. The lowest BCUT2D eigenvalue weighted by atomic mass is 10.1. The van der Waals surface area contributed by atoms with Crippen molar-refractivity contribution in [2.45, 2.75) is 23.3 Å². The van der Waals surface area contributed by atoms with Gasteiger partial charge in [0.1, 0.15) is 5.03 Å². The normalized spacial score (nSPS) is 10.6. The molecule has 2 rings (SSSR count). The Balaban J connectivity index is 2.14. The largest absolute Gasteiger partial charge is 0.330 e. The first kappa shape index (κ1) is 13.6. The van der Waals surface area contributed by atoms with E-state index in [1.807, 2.05) is 18.3 Å². The smallest absolute Gasteiger partial charge is 0.101 e. The lowest BCUT2D eigenvalue weighted by Gasteiger charge is -2.07. The second-order valence-electron chi connectivity index (χ2n) is 4.04. The Kier molecular flexibility index (Phi) is 4.80. The zero-order valence-electron chi connectivity index (χ0n) is 10.2. The summed E-state index contributed by atoms with van der Waals surface area (Å²) in [5, 5.41) is 1.00. The molecule has 2 aromatic rings. The fraction of sp³-hybridized carbons (Fsp3) is 0.214. The van der Waals surface area contributed by atoms with E-state index in [0.29, 0.717) is 6.54 Å². The number of benzene rings is 1. The highest BCUT2D eigenvalue weighted by Gasteiger charge is 2.02. The number of nitrogens with two attached hydrogens (primary N) is 1. The zero-order valence-corrected chi connectivity index (χ0v) is 12.6. The molecule has 94 valence electrons. The van der Waals surface area contributed by atoms with Gasteiger partial charge in [0.2, 0.25) is 0 Å². The summed E-state index contributed by atoms with van der Waals surface area (Å²) in [6.45, 7) is 2.83. The maximum Gasteiger partial charge on any atom is 0.101 e. The zero-order chi connectivity index (χ0) is 13.0. The van der Waals surface area contributed by atoms with Crippen LogP contribution >= 0.6 is 27.7 Å². The number of nitrogens with zero attached hydrogens (tertiary/aromatic N) is 1. The maximum absolute atomic E-state index is 5.59. The van der Waals surface area contributed by atoms with Gasteiger partial charge >= 0.3 is 0 Å². The topological polar surface area (TPSA) is 38.9 Å². The summed E-state index contributed by atoms with van der Waals surface area (Å²) in [5.74, 6) is 0. The first-order chi connectivity index (χ1) is 8.69. The van der Waals surface area contributed by atoms with E-state index in [2.05, 4.69) is 46.0 Å². The Morgan fingerprint density at radius 3 is 2.72 bits per heavy atom. The summed E-state index contributed by atoms with van der Waals surface area (Å²) in [5.41, 5.74) is 8.20. The number of aryl methyl sites for hydroxylation is 1. The molecule has 1 heterocycles. The molecule has 18 heavy (non-hydrogen) atoms. The molecule has 0 unspecified atom stereocenters. The molecule has 0 saturated carbocycles. The Hall–Kier alpha value is -0.840. The maximum atomic E-state index is 5.59. The molecular weight excluding hydrogens is 308 g/mol. The summed E-state index contributed by atoms with van der Waals surface area (Å²) in [4.78, 5) is 5.57. The SMILES string of the molecule is Cc1cc(Sc2ccc(Br)cn2)ccc1CCN. The third-order valence-electron chi connectivity index (χ3n) is 2.65. The molecule has 0 amide bonds. The van der Waals surface area contributed by atoms with Crippen LogP contribution in [0, 0.1) is 6.92 Å². The van der Waals surface area contributed by atoms with Crippen molar-refractivity contribution in [3.8, 4) is 0 Å². The van der Waals surface area contributed by atoms with Gasteiger partial charge in [-0.25, -0.2) is 4.98 Å². The van der Waals surface area contributed by atoms with Crippen molar-refractivity contribution in [1.82, 2.24) is 4.98 Å². The number of pyridine rings is 1. The fourth-order valence-corrected chi connectivity index (χ4v) is 2.80. The van der Waals surface area contributed by atoms with Crippen molar-refractivity contribution in [2.24, 2.45) is 5.73 Å². The quantitative estimate of drug-likeness (QED) is 0.930. The van der Waals surface area contributed by atoms with Gasteiger partial charge in [-0.1, -0.05) is 17.8 Å². The molecule has 0 radical (unpaired) electrons. The molecule has 4 heteroatoms. The third-order valence-corrected chi connectivity index (χ3v) is 4.06. The monoisotopic (exact) mass is 322 g/mol. The molecule has 1 aromatic heterocycles. The Bertz CT molecular complexity index is 526. The van der Waals surface area contributed by atoms with Crippen molar-refractivity contribution >= 4 is 27.7 Å². The summed E-state index contributed by atoms with van der Waals surface area (Å²) in [7, 11) is 0. The van der Waals surface area contributed by atoms with Gasteiger partial charge in [-0.3, -0.25) is 0 Å². The molecule has 0 saturated heterocycles. The van der Waals surface area contributed by atoms with Gasteiger partial charge in [0.25, 0.3) is 0 Å². The Morgan fingerprint density at radius 1 is 1.28 bits per heavy atom. The molecule has 0 aliphatic carbocycles. The highest BCUT2D eigenvalue weighted by atomic mass is 79.9. The van der Waals surface area contributed by atoms with Gasteiger partial charge in [-0.15, -0.1) is 0 Å². The fourth-order valence-electron chi connectivity index (χ4n) is 1.71. The molecule has 0 atom stereocenters. The standard InChI is InChI=1S/C14H15BrN2S/c1-10-8-13(4-2-11(10)6-7-16)18-14-5-3-12(15)9-17-14/h2-5,8-9H,6-7,16H2,1H3. The van der Waals surface area contributed by atoms with Gasteiger partial charge in [0, 0.05) is 15.6 Å². The lowest BCUT2D eigenvalue weighted by Crippen LogP contribution is -2.03. The van der Waals surface area contributed by atoms with Crippen molar-refractivity contribution in [1.29, 1.82) is 0 Å². The molecule has 0 bridgehead atoms. The predicted molar refractivity (Wildman–Crippen MR) is 80.0 cm³/mol. The Labute approximate surface area is 120 Å². The number of rotatable bonds is 4. The molecule has 0 aliphatic rings. The van der Waals surface area contributed by atoms with E-state index < -0.39 is 0 Å². The van der Waals surface area contributed by atoms with Crippen molar-refractivity contribution < 1.29 is 0 Å². The molecule has 2 nitrogen and oxygen atoms in total. The van der Waals surface area contributed by atoms with Crippen LogP contribution in [0.3, 0.4) is 0 Å². The average Bonchev–Trinajstić information content (AvgIpc) is 2.36. The molecular formula is C14H15BrN2S. The van der Waals surface area contributed by atoms with Gasteiger partial charge in [-0.05, 0) is 71.2 Å². The van der Waals surface area contributed by atoms with Crippen molar-refractivity contribution in [3.63, 3.8) is 0 Å². The minimum Gasteiger partial charge on any atom is -0.330 e. The van der Waals surface area contributed by atoms with Gasteiger partial charge in [0.05, 0.1) is 0 Å². The van der Waals surface area contributed by atoms with Crippen LogP contribution in [0.1, 0.15) is 11.1 Å². The first-order valence-corrected chi connectivity index (χ1v) is 7.39. The van der Waals surface area contributed by atoms with E-state index in [9.17, 15) is 0 Å². The molecule has 0 fully saturated rings. The second kappa shape index (κ2) is 6.36. The van der Waals surface area contributed by atoms with Crippen LogP contribution in [0.5, 0.6) is 0 Å². The van der Waals surface area contributed by atoms with E-state index >= 15 is 0 Å². The van der Waals surface area contributed by atoms with Gasteiger partial charge in [0.15, 0.2) is 0 Å². The van der Waals surface area contributed by atoms with E-state index in [1.165, 1.54) is 16.0 Å². The Morgan fingerprint density at radius 2 is 2.11 bits per heavy atom. The molecule has 0 aliphatic heterocycles. The highest BCUT2D eigenvalue weighted by molar-refractivity contribution is 9.10. The molecule has 1 aromatic carbocycles. The number of halogens is 1. The average molecular weight is 323 g/mol. The predicted octanol–water partition coefficient (Wildman–Crippen LogP) is 3.80. The molecule has 2 N–H and O–H groups in total. The van der Waals surface area contributed by atoms with Crippen molar-refractivity contribution in [2.75, 3.05) is 6.54 Å². The minimum absolute atomic E-state index is 0.696. The van der Waals surface area contributed by atoms with Crippen LogP contribution in [-0.2, 0) is 6.42 Å². The van der Waals surface area contributed by atoms with Crippen LogP contribution in [0.15, 0.2) is 50.9 Å². The summed E-state index contributed by atoms with van der Waals surface area (Å²) < 4.78 is 1.00. The van der Waals surface area contributed by atoms with Crippen LogP contribution in [0.4, 0.5) is 0 Å². The van der Waals surface area contributed by atoms with Gasteiger partial charge < -0.3 is 5.73 Å². The first-order valence-electron chi connectivity index (χ1n) is 5.78. The minimum atomic E-state index is 0.696. The van der Waals surface area contributed by atoms with Crippen LogP contribution in [-0.4, -0.2) is 11.5 Å². The lowest BCUT2D eigenvalue weighted by molar-refractivity contribution is 0.954. The van der Waals surface area contributed by atoms with Gasteiger partial charge in [-0.2, -0.15) is 0 Å². The van der Waals surface area contributed by atoms with E-state index in [0.717, 1.165) is 15.9 Å². The van der Waals surface area contributed by atoms with Crippen molar-refractivity contribution in [3.05, 3.63) is 52.1 Å².